The van der Waals surface area contributed by atoms with E-state index in [9.17, 15) is 14.7 Å². The molecule has 33 heavy (non-hydrogen) atoms. The maximum Gasteiger partial charge on any atom is 0.319 e. The minimum Gasteiger partial charge on any atom is -0.505 e. The molecule has 0 aliphatic carbocycles. The Bertz CT molecular complexity index is 1100. The molecule has 3 rings (SSSR count). The van der Waals surface area contributed by atoms with E-state index >= 15 is 0 Å². The number of phenols is 1. The average molecular weight is 467 g/mol. The summed E-state index contributed by atoms with van der Waals surface area (Å²) in [5.41, 5.74) is 3.60. The smallest absolute Gasteiger partial charge is 0.319 e. The zero-order chi connectivity index (χ0) is 23.8. The first-order valence-corrected chi connectivity index (χ1v) is 11.1. The largest absolute Gasteiger partial charge is 0.505 e. The van der Waals surface area contributed by atoms with E-state index in [1.165, 1.54) is 6.07 Å². The number of carbonyl (C=O) groups is 2. The predicted octanol–water partition coefficient (Wildman–Crippen LogP) is 5.76. The standard InChI is InChI=1S/C26H27ClN2O4/c1-3-33-24(30)16-22(19-11-9-17(2)10-12-19)28-26(32)29-23-15-21(27)14-20(25(23)31)13-18-7-5-4-6-8-18/h4-12,14-15,22,31H,3,13,16H2,1-2H3,(H2,28,29,32)/t22-/m0/s1. The van der Waals surface area contributed by atoms with Crippen LogP contribution in [0.4, 0.5) is 10.5 Å². The van der Waals surface area contributed by atoms with E-state index in [1.807, 2.05) is 61.5 Å². The lowest BCUT2D eigenvalue weighted by molar-refractivity contribution is -0.143. The maximum atomic E-state index is 12.8. The van der Waals surface area contributed by atoms with Gasteiger partial charge in [-0.1, -0.05) is 71.8 Å². The van der Waals surface area contributed by atoms with Gasteiger partial charge in [-0.3, -0.25) is 4.79 Å². The monoisotopic (exact) mass is 466 g/mol. The summed E-state index contributed by atoms with van der Waals surface area (Å²) in [4.78, 5) is 24.9. The van der Waals surface area contributed by atoms with Crippen LogP contribution in [0.15, 0.2) is 66.7 Å². The quantitative estimate of drug-likeness (QED) is 0.291. The minimum absolute atomic E-state index is 0.0227. The van der Waals surface area contributed by atoms with Gasteiger partial charge in [0.25, 0.3) is 0 Å². The number of phenolic OH excluding ortho intramolecular Hbond substituents is 1. The normalized spacial score (nSPS) is 11.5. The summed E-state index contributed by atoms with van der Waals surface area (Å²) >= 11 is 6.25. The number of halogens is 1. The Morgan fingerprint density at radius 1 is 1.06 bits per heavy atom. The third-order valence-corrected chi connectivity index (χ3v) is 5.32. The lowest BCUT2D eigenvalue weighted by Gasteiger charge is -2.20. The number of aromatic hydroxyl groups is 1. The molecule has 0 aromatic heterocycles. The molecular formula is C26H27ClN2O4. The van der Waals surface area contributed by atoms with E-state index in [1.54, 1.807) is 13.0 Å². The molecule has 3 aromatic rings. The number of rotatable bonds is 8. The highest BCUT2D eigenvalue weighted by molar-refractivity contribution is 6.31. The Morgan fingerprint density at radius 3 is 2.42 bits per heavy atom. The number of aryl methyl sites for hydroxylation is 1. The second-order valence-corrected chi connectivity index (χ2v) is 8.13. The molecule has 7 heteroatoms. The number of urea groups is 1. The summed E-state index contributed by atoms with van der Waals surface area (Å²) in [6, 6.07) is 19.1. The van der Waals surface area contributed by atoms with E-state index in [2.05, 4.69) is 10.6 Å². The molecule has 0 saturated carbocycles. The number of hydrogen-bond acceptors (Lipinski definition) is 4. The van der Waals surface area contributed by atoms with Crippen molar-refractivity contribution >= 4 is 29.3 Å². The van der Waals surface area contributed by atoms with Gasteiger partial charge in [0.2, 0.25) is 0 Å². The van der Waals surface area contributed by atoms with Crippen molar-refractivity contribution < 1.29 is 19.4 Å². The van der Waals surface area contributed by atoms with Gasteiger partial charge in [0.15, 0.2) is 0 Å². The molecule has 0 unspecified atom stereocenters. The van der Waals surface area contributed by atoms with Crippen LogP contribution in [0.5, 0.6) is 5.75 Å². The number of ether oxygens (including phenoxy) is 1. The SMILES string of the molecule is CCOC(=O)C[C@H](NC(=O)Nc1cc(Cl)cc(Cc2ccccc2)c1O)c1ccc(C)cc1. The summed E-state index contributed by atoms with van der Waals surface area (Å²) in [6.45, 7) is 3.94. The first-order valence-electron chi connectivity index (χ1n) is 10.7. The Kier molecular flexibility index (Phi) is 8.33. The highest BCUT2D eigenvalue weighted by Crippen LogP contribution is 2.33. The zero-order valence-corrected chi connectivity index (χ0v) is 19.4. The summed E-state index contributed by atoms with van der Waals surface area (Å²) in [5.74, 6) is -0.477. The molecule has 6 nitrogen and oxygen atoms in total. The van der Waals surface area contributed by atoms with Gasteiger partial charge in [-0.15, -0.1) is 0 Å². The second kappa shape index (κ2) is 11.4. The van der Waals surface area contributed by atoms with E-state index in [0.29, 0.717) is 17.0 Å². The van der Waals surface area contributed by atoms with Crippen LogP contribution >= 0.6 is 11.6 Å². The van der Waals surface area contributed by atoms with Gasteiger partial charge in [0, 0.05) is 17.0 Å². The van der Waals surface area contributed by atoms with E-state index in [4.69, 9.17) is 16.3 Å². The van der Waals surface area contributed by atoms with E-state index in [0.717, 1.165) is 16.7 Å². The number of hydrogen-bond donors (Lipinski definition) is 3. The van der Waals surface area contributed by atoms with Crippen LogP contribution in [0.25, 0.3) is 0 Å². The van der Waals surface area contributed by atoms with Gasteiger partial charge in [0.1, 0.15) is 5.75 Å². The fourth-order valence-corrected chi connectivity index (χ4v) is 3.70. The summed E-state index contributed by atoms with van der Waals surface area (Å²) in [5, 5.41) is 16.6. The highest BCUT2D eigenvalue weighted by Gasteiger charge is 2.20. The molecule has 0 radical (unpaired) electrons. The summed E-state index contributed by atoms with van der Waals surface area (Å²) in [7, 11) is 0. The van der Waals surface area contributed by atoms with Crippen molar-refractivity contribution in [1.82, 2.24) is 5.32 Å². The molecule has 0 spiro atoms. The Hall–Kier alpha value is -3.51. The topological polar surface area (TPSA) is 87.7 Å². The van der Waals surface area contributed by atoms with Gasteiger partial charge < -0.3 is 20.5 Å². The molecule has 172 valence electrons. The fraction of sp³-hybridized carbons (Fsp3) is 0.231. The summed E-state index contributed by atoms with van der Waals surface area (Å²) < 4.78 is 5.06. The van der Waals surface area contributed by atoms with Gasteiger partial charge in [-0.25, -0.2) is 4.79 Å². The molecule has 3 N–H and O–H groups in total. The zero-order valence-electron chi connectivity index (χ0n) is 18.6. The third kappa shape index (κ3) is 6.99. The molecule has 2 amide bonds. The Morgan fingerprint density at radius 2 is 1.76 bits per heavy atom. The lowest BCUT2D eigenvalue weighted by Crippen LogP contribution is -2.34. The van der Waals surface area contributed by atoms with Crippen molar-refractivity contribution in [3.8, 4) is 5.75 Å². The molecular weight excluding hydrogens is 440 g/mol. The van der Waals surface area contributed by atoms with E-state index < -0.39 is 18.0 Å². The number of carbonyl (C=O) groups excluding carboxylic acids is 2. The van der Waals surface area contributed by atoms with Crippen molar-refractivity contribution in [2.75, 3.05) is 11.9 Å². The van der Waals surface area contributed by atoms with Crippen LogP contribution in [-0.2, 0) is 16.0 Å². The molecule has 0 aliphatic heterocycles. The first kappa shape index (κ1) is 24.1. The van der Waals surface area contributed by atoms with Crippen LogP contribution in [0, 0.1) is 6.92 Å². The maximum absolute atomic E-state index is 12.8. The number of benzene rings is 3. The lowest BCUT2D eigenvalue weighted by atomic mass is 10.0. The number of esters is 1. The van der Waals surface area contributed by atoms with Gasteiger partial charge in [-0.05, 0) is 37.1 Å². The Labute approximate surface area is 198 Å². The van der Waals surface area contributed by atoms with Crippen molar-refractivity contribution in [2.45, 2.75) is 32.7 Å². The molecule has 3 aromatic carbocycles. The first-order chi connectivity index (χ1) is 15.9. The second-order valence-electron chi connectivity index (χ2n) is 7.69. The molecule has 1 atom stereocenters. The van der Waals surface area contributed by atoms with Crippen LogP contribution in [0.3, 0.4) is 0 Å². The average Bonchev–Trinajstić information content (AvgIpc) is 2.78. The fourth-order valence-electron chi connectivity index (χ4n) is 3.46. The number of nitrogens with one attached hydrogen (secondary N) is 2. The van der Waals surface area contributed by atoms with Crippen molar-refractivity contribution in [2.24, 2.45) is 0 Å². The van der Waals surface area contributed by atoms with E-state index in [-0.39, 0.29) is 24.5 Å². The van der Waals surface area contributed by atoms with Crippen LogP contribution in [0.2, 0.25) is 5.02 Å². The number of anilines is 1. The van der Waals surface area contributed by atoms with Crippen LogP contribution < -0.4 is 10.6 Å². The van der Waals surface area contributed by atoms with Crippen LogP contribution in [-0.4, -0.2) is 23.7 Å². The predicted molar refractivity (Wildman–Crippen MR) is 130 cm³/mol. The van der Waals surface area contributed by atoms with Crippen molar-refractivity contribution in [1.29, 1.82) is 0 Å². The van der Waals surface area contributed by atoms with Gasteiger partial charge >= 0.3 is 12.0 Å². The minimum atomic E-state index is -0.602. The molecule has 0 saturated heterocycles. The van der Waals surface area contributed by atoms with Gasteiger partial charge in [-0.2, -0.15) is 0 Å². The third-order valence-electron chi connectivity index (χ3n) is 5.10. The highest BCUT2D eigenvalue weighted by atomic mass is 35.5. The van der Waals surface area contributed by atoms with Gasteiger partial charge in [0.05, 0.1) is 24.8 Å². The molecule has 0 aliphatic rings. The van der Waals surface area contributed by atoms with Crippen LogP contribution in [0.1, 0.15) is 41.6 Å². The molecule has 0 bridgehead atoms. The number of amides is 2. The van der Waals surface area contributed by atoms with Crippen molar-refractivity contribution in [3.63, 3.8) is 0 Å². The molecule has 0 fully saturated rings. The molecule has 0 heterocycles. The summed E-state index contributed by atoms with van der Waals surface area (Å²) in [6.07, 6.45) is 0.434. The van der Waals surface area contributed by atoms with Crippen molar-refractivity contribution in [3.05, 3.63) is 94.0 Å². The Balaban J connectivity index is 1.78.